The third-order valence-corrected chi connectivity index (χ3v) is 3.80. The molecule has 0 saturated carbocycles. The highest BCUT2D eigenvalue weighted by molar-refractivity contribution is 7.11. The van der Waals surface area contributed by atoms with Gasteiger partial charge in [-0.05, 0) is 28.5 Å². The van der Waals surface area contributed by atoms with Gasteiger partial charge in [0.25, 0.3) is 0 Å². The molecule has 2 nitrogen and oxygen atoms in total. The van der Waals surface area contributed by atoms with Gasteiger partial charge in [-0.15, -0.1) is 11.3 Å². The van der Waals surface area contributed by atoms with E-state index < -0.39 is 0 Å². The molecule has 0 atom stereocenters. The molecular weight excluding hydrogens is 242 g/mol. The Morgan fingerprint density at radius 1 is 1.33 bits per heavy atom. The van der Waals surface area contributed by atoms with Crippen molar-refractivity contribution in [3.05, 3.63) is 40.1 Å². The van der Waals surface area contributed by atoms with Crippen molar-refractivity contribution in [3.63, 3.8) is 0 Å². The first kappa shape index (κ1) is 13.1. The number of rotatable bonds is 1. The molecule has 0 N–H and O–H groups in total. The van der Waals surface area contributed by atoms with Gasteiger partial charge in [0.2, 0.25) is 0 Å². The fraction of sp³-hybridized carbons (Fsp3) is 0.400. The Balaban J connectivity index is 2.45. The number of thiophene rings is 1. The van der Waals surface area contributed by atoms with Gasteiger partial charge in [-0.2, -0.15) is 0 Å². The van der Waals surface area contributed by atoms with Gasteiger partial charge in [-0.3, -0.25) is 0 Å². The van der Waals surface area contributed by atoms with E-state index in [9.17, 15) is 0 Å². The zero-order valence-corrected chi connectivity index (χ0v) is 12.2. The summed E-state index contributed by atoms with van der Waals surface area (Å²) in [6.45, 7) is 6.66. The topological polar surface area (TPSA) is 21.6 Å². The first-order chi connectivity index (χ1) is 8.50. The Hall–Kier alpha value is -1.35. The molecule has 2 heterocycles. The van der Waals surface area contributed by atoms with E-state index in [-0.39, 0.29) is 5.41 Å². The molecule has 18 heavy (non-hydrogen) atoms. The molecule has 1 aliphatic rings. The Kier molecular flexibility index (Phi) is 3.71. The molecule has 3 heteroatoms. The fourth-order valence-electron chi connectivity index (χ4n) is 1.82. The zero-order valence-electron chi connectivity index (χ0n) is 11.4. The van der Waals surface area contributed by atoms with Gasteiger partial charge in [-0.1, -0.05) is 32.9 Å². The van der Waals surface area contributed by atoms with Gasteiger partial charge in [-0.25, -0.2) is 4.99 Å². The highest BCUT2D eigenvalue weighted by atomic mass is 32.1. The summed E-state index contributed by atoms with van der Waals surface area (Å²) in [5, 5.41) is 2.07. The van der Waals surface area contributed by atoms with Crippen LogP contribution in [0.15, 0.2) is 40.2 Å². The SMILES string of the molecule is COC1=NC(c2cccs2)=CC(C(C)(C)C)=CC1. The molecule has 0 amide bonds. The van der Waals surface area contributed by atoms with Gasteiger partial charge < -0.3 is 4.74 Å². The van der Waals surface area contributed by atoms with Gasteiger partial charge in [0.1, 0.15) is 0 Å². The summed E-state index contributed by atoms with van der Waals surface area (Å²) in [6, 6.07) is 4.15. The van der Waals surface area contributed by atoms with E-state index in [4.69, 9.17) is 4.74 Å². The molecule has 0 unspecified atom stereocenters. The Bertz CT molecular complexity index is 501. The van der Waals surface area contributed by atoms with Gasteiger partial charge in [0, 0.05) is 6.42 Å². The molecule has 1 aromatic rings. The minimum absolute atomic E-state index is 0.126. The number of methoxy groups -OCH3 is 1. The molecule has 0 aromatic carbocycles. The van der Waals surface area contributed by atoms with Crippen LogP contribution in [0.5, 0.6) is 0 Å². The van der Waals surface area contributed by atoms with Gasteiger partial charge in [0.05, 0.1) is 17.7 Å². The van der Waals surface area contributed by atoms with Crippen LogP contribution < -0.4 is 0 Å². The third kappa shape index (κ3) is 2.91. The number of allylic oxidation sites excluding steroid dienone is 2. The standard InChI is InChI=1S/C15H19NOS/c1-15(2,3)11-7-8-14(17-4)16-12(10-11)13-6-5-9-18-13/h5-7,9-10H,8H2,1-4H3. The van der Waals surface area contributed by atoms with Crippen molar-refractivity contribution in [1.82, 2.24) is 0 Å². The van der Waals surface area contributed by atoms with Crippen molar-refractivity contribution >= 4 is 22.9 Å². The molecule has 0 fully saturated rings. The molecule has 0 aliphatic carbocycles. The van der Waals surface area contributed by atoms with Crippen molar-refractivity contribution in [3.8, 4) is 0 Å². The highest BCUT2D eigenvalue weighted by Crippen LogP contribution is 2.33. The summed E-state index contributed by atoms with van der Waals surface area (Å²) in [5.41, 5.74) is 2.43. The Labute approximate surface area is 113 Å². The van der Waals surface area contributed by atoms with Crippen LogP contribution in [-0.2, 0) is 4.74 Å². The fourth-order valence-corrected chi connectivity index (χ4v) is 2.50. The van der Waals surface area contributed by atoms with Crippen molar-refractivity contribution in [1.29, 1.82) is 0 Å². The number of aliphatic imine (C=N–C) groups is 1. The summed E-state index contributed by atoms with van der Waals surface area (Å²) in [5.74, 6) is 0.772. The molecule has 96 valence electrons. The number of ether oxygens (including phenoxy) is 1. The van der Waals surface area contributed by atoms with Crippen LogP contribution in [0, 0.1) is 5.41 Å². The van der Waals surface area contributed by atoms with E-state index in [1.807, 2.05) is 6.07 Å². The molecule has 0 bridgehead atoms. The monoisotopic (exact) mass is 261 g/mol. The first-order valence-electron chi connectivity index (χ1n) is 6.08. The molecule has 0 radical (unpaired) electrons. The Morgan fingerprint density at radius 3 is 2.67 bits per heavy atom. The second kappa shape index (κ2) is 5.11. The van der Waals surface area contributed by atoms with Crippen LogP contribution in [0.1, 0.15) is 32.1 Å². The third-order valence-electron chi connectivity index (χ3n) is 2.91. The van der Waals surface area contributed by atoms with E-state index in [2.05, 4.69) is 49.4 Å². The normalized spacial score (nSPS) is 16.6. The van der Waals surface area contributed by atoms with E-state index >= 15 is 0 Å². The lowest BCUT2D eigenvalue weighted by atomic mass is 9.85. The van der Waals surface area contributed by atoms with Crippen LogP contribution in [-0.4, -0.2) is 13.0 Å². The summed E-state index contributed by atoms with van der Waals surface area (Å²) >= 11 is 1.71. The molecule has 1 aromatic heterocycles. The maximum atomic E-state index is 5.33. The van der Waals surface area contributed by atoms with E-state index in [1.54, 1.807) is 18.4 Å². The number of hydrogen-bond acceptors (Lipinski definition) is 3. The average Bonchev–Trinajstić information content (AvgIpc) is 2.73. The molecule has 1 aliphatic heterocycles. The molecule has 2 rings (SSSR count). The van der Waals surface area contributed by atoms with E-state index in [0.29, 0.717) is 0 Å². The van der Waals surface area contributed by atoms with Crippen molar-refractivity contribution in [2.45, 2.75) is 27.2 Å². The predicted molar refractivity (Wildman–Crippen MR) is 78.9 cm³/mol. The predicted octanol–water partition coefficient (Wildman–Crippen LogP) is 4.51. The minimum atomic E-state index is 0.126. The van der Waals surface area contributed by atoms with Crippen LogP contribution in [0.3, 0.4) is 0 Å². The summed E-state index contributed by atoms with van der Waals surface area (Å²) in [4.78, 5) is 5.80. The van der Waals surface area contributed by atoms with Crippen LogP contribution in [0.25, 0.3) is 5.70 Å². The van der Waals surface area contributed by atoms with Crippen molar-refractivity contribution < 1.29 is 4.74 Å². The van der Waals surface area contributed by atoms with Crippen LogP contribution >= 0.6 is 11.3 Å². The summed E-state index contributed by atoms with van der Waals surface area (Å²) < 4.78 is 5.33. The van der Waals surface area contributed by atoms with E-state index in [0.717, 1.165) is 18.0 Å². The van der Waals surface area contributed by atoms with Crippen LogP contribution in [0.2, 0.25) is 0 Å². The lowest BCUT2D eigenvalue weighted by molar-refractivity contribution is 0.395. The highest BCUT2D eigenvalue weighted by Gasteiger charge is 2.19. The maximum absolute atomic E-state index is 5.33. The number of nitrogens with zero attached hydrogens (tertiary/aromatic N) is 1. The average molecular weight is 261 g/mol. The summed E-state index contributed by atoms with van der Waals surface area (Å²) in [6.07, 6.45) is 5.15. The largest absolute Gasteiger partial charge is 0.484 e. The molecule has 0 spiro atoms. The quantitative estimate of drug-likeness (QED) is 0.729. The number of hydrogen-bond donors (Lipinski definition) is 0. The van der Waals surface area contributed by atoms with E-state index in [1.165, 1.54) is 10.5 Å². The smallest absolute Gasteiger partial charge is 0.192 e. The lowest BCUT2D eigenvalue weighted by Crippen LogP contribution is -2.08. The van der Waals surface area contributed by atoms with Gasteiger partial charge in [0.15, 0.2) is 5.90 Å². The Morgan fingerprint density at radius 2 is 2.11 bits per heavy atom. The minimum Gasteiger partial charge on any atom is -0.484 e. The van der Waals surface area contributed by atoms with Crippen LogP contribution in [0.4, 0.5) is 0 Å². The lowest BCUT2D eigenvalue weighted by Gasteiger charge is -2.20. The van der Waals surface area contributed by atoms with Crippen molar-refractivity contribution in [2.24, 2.45) is 10.4 Å². The first-order valence-corrected chi connectivity index (χ1v) is 6.96. The molecular formula is C15H19NOS. The maximum Gasteiger partial charge on any atom is 0.192 e. The second-order valence-electron chi connectivity index (χ2n) is 5.33. The molecule has 0 saturated heterocycles. The van der Waals surface area contributed by atoms with Gasteiger partial charge >= 0.3 is 0 Å². The summed E-state index contributed by atoms with van der Waals surface area (Å²) in [7, 11) is 1.68. The zero-order chi connectivity index (χ0) is 13.2. The second-order valence-corrected chi connectivity index (χ2v) is 6.28. The van der Waals surface area contributed by atoms with Crippen molar-refractivity contribution in [2.75, 3.05) is 7.11 Å².